The number of fused-ring (bicyclic) bond motifs is 1. The Balaban J connectivity index is 2.01. The summed E-state index contributed by atoms with van der Waals surface area (Å²) >= 11 is 0. The van der Waals surface area contributed by atoms with Crippen LogP contribution in [0, 0.1) is 0 Å². The molecule has 0 aliphatic carbocycles. The zero-order valence-corrected chi connectivity index (χ0v) is 12.5. The number of nitrogens with zero attached hydrogens (tertiary/aromatic N) is 3. The molecule has 3 rings (SSSR count). The molecule has 0 atom stereocenters. The summed E-state index contributed by atoms with van der Waals surface area (Å²) in [5, 5.41) is 6.43. The average molecular weight is 281 g/mol. The lowest BCUT2D eigenvalue weighted by atomic mass is 10.0. The van der Waals surface area contributed by atoms with Crippen molar-refractivity contribution < 1.29 is 0 Å². The number of rotatable bonds is 4. The van der Waals surface area contributed by atoms with Crippen LogP contribution in [0.25, 0.3) is 5.65 Å². The lowest BCUT2D eigenvalue weighted by Crippen LogP contribution is -2.02. The number of hydrogen-bond donors (Lipinski definition) is 2. The first-order valence-electron chi connectivity index (χ1n) is 7.06. The van der Waals surface area contributed by atoms with Gasteiger partial charge in [0.2, 0.25) is 0 Å². The minimum atomic E-state index is 0.495. The van der Waals surface area contributed by atoms with E-state index < -0.39 is 0 Å². The van der Waals surface area contributed by atoms with Crippen molar-refractivity contribution in [2.75, 3.05) is 17.7 Å². The summed E-state index contributed by atoms with van der Waals surface area (Å²) in [6.45, 7) is 4.37. The average Bonchev–Trinajstić information content (AvgIpc) is 2.96. The Labute approximate surface area is 124 Å². The molecule has 5 heteroatoms. The molecule has 108 valence electrons. The molecule has 0 spiro atoms. The zero-order valence-electron chi connectivity index (χ0n) is 12.5. The lowest BCUT2D eigenvalue weighted by Gasteiger charge is -2.11. The summed E-state index contributed by atoms with van der Waals surface area (Å²) in [5.41, 5.74) is 3.12. The number of aromatic nitrogens is 3. The minimum absolute atomic E-state index is 0.495. The molecule has 5 nitrogen and oxygen atoms in total. The van der Waals surface area contributed by atoms with Crippen LogP contribution in [0.15, 0.2) is 42.9 Å². The van der Waals surface area contributed by atoms with E-state index in [1.807, 2.05) is 29.9 Å². The van der Waals surface area contributed by atoms with Gasteiger partial charge in [-0.2, -0.15) is 0 Å². The summed E-state index contributed by atoms with van der Waals surface area (Å²) in [6.07, 6.45) is 5.60. The second-order valence-corrected chi connectivity index (χ2v) is 5.29. The summed E-state index contributed by atoms with van der Waals surface area (Å²) < 4.78 is 1.95. The van der Waals surface area contributed by atoms with Gasteiger partial charge in [-0.25, -0.2) is 9.97 Å². The third-order valence-electron chi connectivity index (χ3n) is 3.45. The van der Waals surface area contributed by atoms with Crippen LogP contribution in [0.3, 0.4) is 0 Å². The molecule has 0 bridgehead atoms. The molecule has 0 saturated heterocycles. The molecule has 0 aliphatic heterocycles. The second-order valence-electron chi connectivity index (χ2n) is 5.29. The van der Waals surface area contributed by atoms with Crippen LogP contribution in [0.4, 0.5) is 17.3 Å². The van der Waals surface area contributed by atoms with Gasteiger partial charge in [0.25, 0.3) is 0 Å². The van der Waals surface area contributed by atoms with Crippen molar-refractivity contribution in [1.82, 2.24) is 14.4 Å². The Hall–Kier alpha value is -2.56. The standard InChI is InChI=1S/C16H19N5/c1-11(2)12-5-4-6-13(9-12)19-15-16-18-7-8-21(16)10-14(17-3)20-15/h4-11,17H,1-3H3,(H,19,20). The Morgan fingerprint density at radius 2 is 2.10 bits per heavy atom. The smallest absolute Gasteiger partial charge is 0.180 e. The molecular formula is C16H19N5. The highest BCUT2D eigenvalue weighted by Crippen LogP contribution is 2.24. The van der Waals surface area contributed by atoms with Gasteiger partial charge < -0.3 is 15.0 Å². The quantitative estimate of drug-likeness (QED) is 0.766. The van der Waals surface area contributed by atoms with Gasteiger partial charge in [-0.1, -0.05) is 26.0 Å². The van der Waals surface area contributed by atoms with E-state index in [0.29, 0.717) is 5.92 Å². The topological polar surface area (TPSA) is 54.2 Å². The van der Waals surface area contributed by atoms with Gasteiger partial charge in [0.05, 0.1) is 6.20 Å². The molecule has 0 aliphatic rings. The van der Waals surface area contributed by atoms with Crippen molar-refractivity contribution in [3.05, 3.63) is 48.4 Å². The molecule has 0 amide bonds. The van der Waals surface area contributed by atoms with Crippen molar-refractivity contribution in [3.8, 4) is 0 Å². The lowest BCUT2D eigenvalue weighted by molar-refractivity contribution is 0.867. The maximum atomic E-state index is 4.56. The SMILES string of the molecule is CNc1cn2ccnc2c(Nc2cccc(C(C)C)c2)n1. The number of hydrogen-bond acceptors (Lipinski definition) is 4. The Kier molecular flexibility index (Phi) is 3.48. The Morgan fingerprint density at radius 1 is 1.24 bits per heavy atom. The molecule has 2 aromatic heterocycles. The van der Waals surface area contributed by atoms with E-state index in [4.69, 9.17) is 0 Å². The molecule has 0 saturated carbocycles. The number of nitrogens with one attached hydrogen (secondary N) is 2. The van der Waals surface area contributed by atoms with Crippen molar-refractivity contribution in [3.63, 3.8) is 0 Å². The van der Waals surface area contributed by atoms with E-state index in [1.54, 1.807) is 6.20 Å². The van der Waals surface area contributed by atoms with E-state index >= 15 is 0 Å². The highest BCUT2D eigenvalue weighted by Gasteiger charge is 2.08. The molecule has 3 aromatic rings. The van der Waals surface area contributed by atoms with Gasteiger partial charge in [-0.3, -0.25) is 0 Å². The normalized spacial score (nSPS) is 11.0. The third kappa shape index (κ3) is 2.67. The maximum Gasteiger partial charge on any atom is 0.180 e. The number of anilines is 3. The summed E-state index contributed by atoms with van der Waals surface area (Å²) in [7, 11) is 1.86. The first-order valence-corrected chi connectivity index (χ1v) is 7.06. The predicted octanol–water partition coefficient (Wildman–Crippen LogP) is 3.64. The van der Waals surface area contributed by atoms with Crippen molar-refractivity contribution in [2.45, 2.75) is 19.8 Å². The molecule has 2 heterocycles. The van der Waals surface area contributed by atoms with E-state index in [-0.39, 0.29) is 0 Å². The van der Waals surface area contributed by atoms with Crippen molar-refractivity contribution in [1.29, 1.82) is 0 Å². The van der Waals surface area contributed by atoms with Crippen LogP contribution in [0.2, 0.25) is 0 Å². The largest absolute Gasteiger partial charge is 0.372 e. The zero-order chi connectivity index (χ0) is 14.8. The van der Waals surface area contributed by atoms with Gasteiger partial charge in [0.15, 0.2) is 11.5 Å². The Bertz CT molecular complexity index is 760. The van der Waals surface area contributed by atoms with E-state index in [9.17, 15) is 0 Å². The molecule has 0 radical (unpaired) electrons. The molecule has 21 heavy (non-hydrogen) atoms. The van der Waals surface area contributed by atoms with Crippen LogP contribution in [0.1, 0.15) is 25.3 Å². The molecule has 0 unspecified atom stereocenters. The van der Waals surface area contributed by atoms with E-state index in [2.05, 4.69) is 52.6 Å². The van der Waals surface area contributed by atoms with Crippen LogP contribution in [0.5, 0.6) is 0 Å². The fourth-order valence-corrected chi connectivity index (χ4v) is 2.25. The van der Waals surface area contributed by atoms with Gasteiger partial charge >= 0.3 is 0 Å². The van der Waals surface area contributed by atoms with Crippen LogP contribution < -0.4 is 10.6 Å². The predicted molar refractivity (Wildman–Crippen MR) is 86.3 cm³/mol. The van der Waals surface area contributed by atoms with Gasteiger partial charge in [0.1, 0.15) is 5.82 Å². The van der Waals surface area contributed by atoms with Crippen LogP contribution >= 0.6 is 0 Å². The first kappa shape index (κ1) is 13.4. The van der Waals surface area contributed by atoms with Crippen LogP contribution in [-0.2, 0) is 0 Å². The van der Waals surface area contributed by atoms with Crippen LogP contribution in [-0.4, -0.2) is 21.4 Å². The molecular weight excluding hydrogens is 262 g/mol. The molecule has 2 N–H and O–H groups in total. The number of benzene rings is 1. The minimum Gasteiger partial charge on any atom is -0.372 e. The van der Waals surface area contributed by atoms with Gasteiger partial charge in [-0.15, -0.1) is 0 Å². The second kappa shape index (κ2) is 5.44. The fourth-order valence-electron chi connectivity index (χ4n) is 2.25. The summed E-state index contributed by atoms with van der Waals surface area (Å²) in [4.78, 5) is 8.91. The highest BCUT2D eigenvalue weighted by atomic mass is 15.1. The first-order chi connectivity index (χ1) is 10.2. The molecule has 1 aromatic carbocycles. The molecule has 0 fully saturated rings. The summed E-state index contributed by atoms with van der Waals surface area (Å²) in [6, 6.07) is 8.39. The maximum absolute atomic E-state index is 4.56. The fraction of sp³-hybridized carbons (Fsp3) is 0.250. The van der Waals surface area contributed by atoms with Gasteiger partial charge in [0, 0.05) is 25.1 Å². The van der Waals surface area contributed by atoms with E-state index in [1.165, 1.54) is 5.56 Å². The van der Waals surface area contributed by atoms with Crippen molar-refractivity contribution in [2.24, 2.45) is 0 Å². The van der Waals surface area contributed by atoms with Crippen molar-refractivity contribution >= 4 is 23.0 Å². The van der Waals surface area contributed by atoms with E-state index in [0.717, 1.165) is 23.0 Å². The third-order valence-corrected chi connectivity index (χ3v) is 3.45. The number of imidazole rings is 1. The van der Waals surface area contributed by atoms with Gasteiger partial charge in [-0.05, 0) is 23.6 Å². The Morgan fingerprint density at radius 3 is 2.86 bits per heavy atom. The summed E-state index contributed by atoms with van der Waals surface area (Å²) in [5.74, 6) is 2.03. The highest BCUT2D eigenvalue weighted by molar-refractivity contribution is 5.71. The monoisotopic (exact) mass is 281 g/mol.